The molecule has 1 aromatic heterocycles. The predicted molar refractivity (Wildman–Crippen MR) is 62.1 cm³/mol. The Hall–Kier alpha value is -1.42. The van der Waals surface area contributed by atoms with Crippen molar-refractivity contribution in [1.82, 2.24) is 9.88 Å². The first-order valence-corrected chi connectivity index (χ1v) is 5.65. The zero-order valence-corrected chi connectivity index (χ0v) is 9.52. The van der Waals surface area contributed by atoms with Crippen molar-refractivity contribution >= 4 is 5.91 Å². The highest BCUT2D eigenvalue weighted by molar-refractivity contribution is 5.95. The number of aryl methyl sites for hydroxylation is 1. The Bertz CT molecular complexity index is 392. The van der Waals surface area contributed by atoms with Gasteiger partial charge in [0.15, 0.2) is 0 Å². The van der Waals surface area contributed by atoms with Gasteiger partial charge in [0.1, 0.15) is 0 Å². The zero-order chi connectivity index (χ0) is 11.5. The number of likely N-dealkylation sites (tertiary alicyclic amines) is 1. The largest absolute Gasteiger partial charge is 0.337 e. The predicted octanol–water partition coefficient (Wildman–Crippen LogP) is 0.953. The van der Waals surface area contributed by atoms with Crippen molar-refractivity contribution in [1.29, 1.82) is 0 Å². The Morgan fingerprint density at radius 3 is 3.12 bits per heavy atom. The second kappa shape index (κ2) is 4.61. The van der Waals surface area contributed by atoms with Crippen LogP contribution >= 0.6 is 0 Å². The molecule has 1 aliphatic rings. The molecule has 86 valence electrons. The number of carbonyl (C=O) groups excluding carboxylic acids is 1. The van der Waals surface area contributed by atoms with Gasteiger partial charge < -0.3 is 10.6 Å². The summed E-state index contributed by atoms with van der Waals surface area (Å²) in [7, 11) is 0. The minimum atomic E-state index is 0.0563. The molecule has 1 saturated heterocycles. The van der Waals surface area contributed by atoms with Gasteiger partial charge >= 0.3 is 0 Å². The van der Waals surface area contributed by atoms with Gasteiger partial charge in [-0.05, 0) is 31.9 Å². The van der Waals surface area contributed by atoms with Gasteiger partial charge in [-0.3, -0.25) is 9.78 Å². The minimum absolute atomic E-state index is 0.0563. The second-order valence-corrected chi connectivity index (χ2v) is 4.29. The first-order chi connectivity index (χ1) is 7.68. The topological polar surface area (TPSA) is 59.2 Å². The maximum absolute atomic E-state index is 12.2. The van der Waals surface area contributed by atoms with Crippen molar-refractivity contribution in [3.8, 4) is 0 Å². The molecule has 1 unspecified atom stereocenters. The normalized spacial score (nSPS) is 20.9. The highest BCUT2D eigenvalue weighted by Gasteiger charge is 2.23. The smallest absolute Gasteiger partial charge is 0.255 e. The molecule has 1 amide bonds. The van der Waals surface area contributed by atoms with Crippen LogP contribution in [0.1, 0.15) is 28.9 Å². The van der Waals surface area contributed by atoms with E-state index in [9.17, 15) is 4.79 Å². The molecule has 1 fully saturated rings. The summed E-state index contributed by atoms with van der Waals surface area (Å²) in [5.41, 5.74) is 7.34. The number of pyridine rings is 1. The molecule has 4 nitrogen and oxygen atoms in total. The molecular weight excluding hydrogens is 202 g/mol. The third-order valence-electron chi connectivity index (χ3n) is 2.98. The Kier molecular flexibility index (Phi) is 3.19. The number of hydrogen-bond donors (Lipinski definition) is 1. The molecule has 0 saturated carbocycles. The molecule has 0 aliphatic carbocycles. The van der Waals surface area contributed by atoms with Crippen molar-refractivity contribution in [2.24, 2.45) is 5.73 Å². The first-order valence-electron chi connectivity index (χ1n) is 5.65. The van der Waals surface area contributed by atoms with Gasteiger partial charge in [-0.2, -0.15) is 0 Å². The van der Waals surface area contributed by atoms with Gasteiger partial charge in [0.05, 0.1) is 5.56 Å². The standard InChI is InChI=1S/C12H17N3O/c1-9-11(5-2-6-14-9)12(16)15-7-3-4-10(13)8-15/h2,5-6,10H,3-4,7-8,13H2,1H3. The molecule has 2 heterocycles. The van der Waals surface area contributed by atoms with E-state index < -0.39 is 0 Å². The summed E-state index contributed by atoms with van der Waals surface area (Å²) in [6.07, 6.45) is 3.70. The second-order valence-electron chi connectivity index (χ2n) is 4.29. The molecule has 0 radical (unpaired) electrons. The number of amides is 1. The molecule has 2 N–H and O–H groups in total. The average Bonchev–Trinajstić information content (AvgIpc) is 2.29. The minimum Gasteiger partial charge on any atom is -0.337 e. The Morgan fingerprint density at radius 2 is 2.44 bits per heavy atom. The zero-order valence-electron chi connectivity index (χ0n) is 9.52. The summed E-state index contributed by atoms with van der Waals surface area (Å²) in [4.78, 5) is 18.2. The van der Waals surface area contributed by atoms with E-state index in [0.717, 1.165) is 25.1 Å². The van der Waals surface area contributed by atoms with Gasteiger partial charge in [0.25, 0.3) is 5.91 Å². The van der Waals surface area contributed by atoms with Crippen molar-refractivity contribution in [2.45, 2.75) is 25.8 Å². The summed E-state index contributed by atoms with van der Waals surface area (Å²) in [6.45, 7) is 3.32. The summed E-state index contributed by atoms with van der Waals surface area (Å²) >= 11 is 0. The first kappa shape index (κ1) is 11.1. The van der Waals surface area contributed by atoms with E-state index in [1.165, 1.54) is 0 Å². The number of hydrogen-bond acceptors (Lipinski definition) is 3. The van der Waals surface area contributed by atoms with Gasteiger partial charge in [0.2, 0.25) is 0 Å². The van der Waals surface area contributed by atoms with Crippen LogP contribution in [0.25, 0.3) is 0 Å². The van der Waals surface area contributed by atoms with Crippen LogP contribution in [0.2, 0.25) is 0 Å². The van der Waals surface area contributed by atoms with E-state index in [1.54, 1.807) is 12.3 Å². The molecule has 1 aliphatic heterocycles. The quantitative estimate of drug-likeness (QED) is 0.765. The van der Waals surface area contributed by atoms with E-state index in [4.69, 9.17) is 5.73 Å². The monoisotopic (exact) mass is 219 g/mol. The third kappa shape index (κ3) is 2.22. The van der Waals surface area contributed by atoms with E-state index in [-0.39, 0.29) is 11.9 Å². The third-order valence-corrected chi connectivity index (χ3v) is 2.98. The number of nitrogens with zero attached hydrogens (tertiary/aromatic N) is 2. The van der Waals surface area contributed by atoms with Gasteiger partial charge in [-0.25, -0.2) is 0 Å². The van der Waals surface area contributed by atoms with Crippen molar-refractivity contribution in [2.75, 3.05) is 13.1 Å². The summed E-state index contributed by atoms with van der Waals surface area (Å²) < 4.78 is 0. The molecule has 4 heteroatoms. The maximum atomic E-state index is 12.2. The van der Waals surface area contributed by atoms with Gasteiger partial charge in [-0.15, -0.1) is 0 Å². The van der Waals surface area contributed by atoms with Crippen LogP contribution in [0.5, 0.6) is 0 Å². The number of rotatable bonds is 1. The molecule has 1 atom stereocenters. The van der Waals surface area contributed by atoms with Gasteiger partial charge in [-0.1, -0.05) is 0 Å². The van der Waals surface area contributed by atoms with E-state index in [1.807, 2.05) is 17.9 Å². The van der Waals surface area contributed by atoms with Crippen LogP contribution in [0.3, 0.4) is 0 Å². The van der Waals surface area contributed by atoms with E-state index in [2.05, 4.69) is 4.98 Å². The highest BCUT2D eigenvalue weighted by Crippen LogP contribution is 2.14. The molecule has 1 aromatic rings. The fourth-order valence-electron chi connectivity index (χ4n) is 2.08. The SMILES string of the molecule is Cc1ncccc1C(=O)N1CCCC(N)C1. The summed E-state index contributed by atoms with van der Waals surface area (Å²) in [5.74, 6) is 0.0563. The van der Waals surface area contributed by atoms with Crippen molar-refractivity contribution < 1.29 is 4.79 Å². The fraction of sp³-hybridized carbons (Fsp3) is 0.500. The van der Waals surface area contributed by atoms with E-state index >= 15 is 0 Å². The van der Waals surface area contributed by atoms with E-state index in [0.29, 0.717) is 12.1 Å². The number of aromatic nitrogens is 1. The van der Waals surface area contributed by atoms with Crippen molar-refractivity contribution in [3.63, 3.8) is 0 Å². The van der Waals surface area contributed by atoms with Crippen LogP contribution < -0.4 is 5.73 Å². The molecule has 0 spiro atoms. The number of carbonyl (C=O) groups is 1. The lowest BCUT2D eigenvalue weighted by atomic mass is 10.1. The Labute approximate surface area is 95.5 Å². The van der Waals surface area contributed by atoms with Crippen LogP contribution in [0.15, 0.2) is 18.3 Å². The maximum Gasteiger partial charge on any atom is 0.255 e. The Balaban J connectivity index is 2.16. The molecule has 0 aromatic carbocycles. The molecular formula is C12H17N3O. The fourth-order valence-corrected chi connectivity index (χ4v) is 2.08. The molecule has 0 bridgehead atoms. The molecule has 2 rings (SSSR count). The van der Waals surface area contributed by atoms with Crippen molar-refractivity contribution in [3.05, 3.63) is 29.6 Å². The van der Waals surface area contributed by atoms with Crippen LogP contribution in [0.4, 0.5) is 0 Å². The molecule has 16 heavy (non-hydrogen) atoms. The van der Waals surface area contributed by atoms with Crippen LogP contribution in [-0.2, 0) is 0 Å². The van der Waals surface area contributed by atoms with Crippen LogP contribution in [-0.4, -0.2) is 34.9 Å². The highest BCUT2D eigenvalue weighted by atomic mass is 16.2. The number of piperidine rings is 1. The lowest BCUT2D eigenvalue weighted by Crippen LogP contribution is -2.45. The lowest BCUT2D eigenvalue weighted by molar-refractivity contribution is 0.0707. The Morgan fingerprint density at radius 1 is 1.62 bits per heavy atom. The average molecular weight is 219 g/mol. The lowest BCUT2D eigenvalue weighted by Gasteiger charge is -2.31. The summed E-state index contributed by atoms with van der Waals surface area (Å²) in [6, 6.07) is 3.74. The van der Waals surface area contributed by atoms with Gasteiger partial charge in [0, 0.05) is 31.0 Å². The number of nitrogens with two attached hydrogens (primary N) is 1. The summed E-state index contributed by atoms with van der Waals surface area (Å²) in [5, 5.41) is 0. The van der Waals surface area contributed by atoms with Crippen LogP contribution in [0, 0.1) is 6.92 Å².